The summed E-state index contributed by atoms with van der Waals surface area (Å²) in [4.78, 5) is 0. The molecule has 0 heteroatoms. The van der Waals surface area contributed by atoms with Crippen LogP contribution in [0.25, 0.3) is 5.57 Å². The van der Waals surface area contributed by atoms with Crippen molar-refractivity contribution < 1.29 is 0 Å². The normalized spacial score (nSPS) is 15.7. The third-order valence-corrected chi connectivity index (χ3v) is 7.79. The molecule has 40 heavy (non-hydrogen) atoms. The van der Waals surface area contributed by atoms with Crippen LogP contribution in [-0.2, 0) is 19.3 Å². The minimum absolute atomic E-state index is 0.723. The van der Waals surface area contributed by atoms with Crippen molar-refractivity contribution in [3.63, 3.8) is 0 Å². The van der Waals surface area contributed by atoms with E-state index >= 15 is 0 Å². The summed E-state index contributed by atoms with van der Waals surface area (Å²) in [6.45, 7) is 32.7. The standard InChI is InChI=1S/2C13H18.C9H16.C3H6.C2H6/c1-9-4-6-12-7-5-10(2)11(3)13(12)8-9;1-10(2)8-12-6-5-7-13(9-12)11(3)4;1-8(2)9-6-4-3-5-7-9;1-3-2;1-2/h5,7,9H,4,6,8H2,1-3H3;5-7,9-10H,3,8H2,1-2,4H3;9H,1,3-7H2,2H3;3H,1H2,2H3;1-2H3. The molecule has 0 aromatic heterocycles. The van der Waals surface area contributed by atoms with Crippen molar-refractivity contribution in [3.8, 4) is 0 Å². The van der Waals surface area contributed by atoms with Crippen LogP contribution < -0.4 is 0 Å². The molecule has 2 aromatic rings. The van der Waals surface area contributed by atoms with Gasteiger partial charge in [0.1, 0.15) is 0 Å². The fraction of sp³-hybridized carbons (Fsp3) is 0.550. The van der Waals surface area contributed by atoms with E-state index in [1.165, 1.54) is 79.2 Å². The van der Waals surface area contributed by atoms with Gasteiger partial charge in [-0.25, -0.2) is 0 Å². The number of rotatable bonds is 4. The molecule has 0 saturated heterocycles. The quantitative estimate of drug-likeness (QED) is 0.336. The molecule has 0 nitrogen and oxygen atoms in total. The number of hydrogen-bond acceptors (Lipinski definition) is 0. The van der Waals surface area contributed by atoms with E-state index in [9.17, 15) is 0 Å². The van der Waals surface area contributed by atoms with Crippen LogP contribution in [0.4, 0.5) is 0 Å². The third kappa shape index (κ3) is 14.9. The molecule has 0 N–H and O–H groups in total. The summed E-state index contributed by atoms with van der Waals surface area (Å²) in [6, 6.07) is 13.2. The number of aryl methyl sites for hydroxylation is 2. The summed E-state index contributed by atoms with van der Waals surface area (Å²) >= 11 is 0. The molecule has 1 saturated carbocycles. The van der Waals surface area contributed by atoms with E-state index in [2.05, 4.69) is 105 Å². The van der Waals surface area contributed by atoms with Crippen LogP contribution in [0.2, 0.25) is 0 Å². The van der Waals surface area contributed by atoms with Gasteiger partial charge in [-0.1, -0.05) is 121 Å². The highest BCUT2D eigenvalue weighted by Gasteiger charge is 2.17. The summed E-state index contributed by atoms with van der Waals surface area (Å²) < 4.78 is 0. The van der Waals surface area contributed by atoms with E-state index in [1.54, 1.807) is 17.2 Å². The van der Waals surface area contributed by atoms with Gasteiger partial charge in [0.2, 0.25) is 0 Å². The van der Waals surface area contributed by atoms with Gasteiger partial charge in [-0.3, -0.25) is 0 Å². The minimum Gasteiger partial charge on any atom is -0.103 e. The fourth-order valence-corrected chi connectivity index (χ4v) is 5.33. The maximum absolute atomic E-state index is 3.98. The van der Waals surface area contributed by atoms with Crippen LogP contribution in [0.5, 0.6) is 0 Å². The van der Waals surface area contributed by atoms with Crippen LogP contribution >= 0.6 is 0 Å². The first-order chi connectivity index (χ1) is 19.0. The van der Waals surface area contributed by atoms with Gasteiger partial charge < -0.3 is 0 Å². The van der Waals surface area contributed by atoms with E-state index in [1.807, 2.05) is 20.8 Å². The molecular formula is C40H64. The molecule has 0 spiro atoms. The lowest BCUT2D eigenvalue weighted by Crippen LogP contribution is -2.13. The van der Waals surface area contributed by atoms with Crippen LogP contribution in [0.1, 0.15) is 127 Å². The molecule has 2 aliphatic carbocycles. The summed E-state index contributed by atoms with van der Waals surface area (Å²) in [6.07, 6.45) is 14.0. The first-order valence-corrected chi connectivity index (χ1v) is 16.0. The maximum Gasteiger partial charge on any atom is -0.0209 e. The van der Waals surface area contributed by atoms with Gasteiger partial charge in [-0.05, 0) is 124 Å². The highest BCUT2D eigenvalue weighted by Crippen LogP contribution is 2.29. The van der Waals surface area contributed by atoms with Crippen molar-refractivity contribution in [1.29, 1.82) is 0 Å². The fourth-order valence-electron chi connectivity index (χ4n) is 5.33. The zero-order valence-electron chi connectivity index (χ0n) is 28.3. The number of fused-ring (bicyclic) bond motifs is 1. The third-order valence-electron chi connectivity index (χ3n) is 7.79. The Morgan fingerprint density at radius 1 is 0.950 bits per heavy atom. The van der Waals surface area contributed by atoms with Crippen molar-refractivity contribution in [2.45, 2.75) is 127 Å². The lowest BCUT2D eigenvalue weighted by molar-refractivity contribution is 0.404. The topological polar surface area (TPSA) is 0 Å². The molecule has 2 aromatic carbocycles. The molecule has 0 radical (unpaired) electrons. The molecule has 1 unspecified atom stereocenters. The smallest absolute Gasteiger partial charge is 0.0209 e. The number of hydrogen-bond donors (Lipinski definition) is 0. The Labute approximate surface area is 251 Å². The van der Waals surface area contributed by atoms with Gasteiger partial charge in [-0.15, -0.1) is 6.58 Å². The van der Waals surface area contributed by atoms with Crippen LogP contribution in [0.15, 0.2) is 67.8 Å². The van der Waals surface area contributed by atoms with Crippen molar-refractivity contribution in [2.75, 3.05) is 0 Å². The summed E-state index contributed by atoms with van der Waals surface area (Å²) in [5, 5.41) is 0. The first kappa shape index (κ1) is 37.7. The summed E-state index contributed by atoms with van der Waals surface area (Å²) in [5.74, 6) is 2.46. The van der Waals surface area contributed by atoms with E-state index < -0.39 is 0 Å². The molecule has 0 heterocycles. The molecule has 4 rings (SSSR count). The molecule has 1 fully saturated rings. The molecule has 0 bridgehead atoms. The Morgan fingerprint density at radius 2 is 1.55 bits per heavy atom. The largest absolute Gasteiger partial charge is 0.103 e. The Morgan fingerprint density at radius 3 is 2.05 bits per heavy atom. The van der Waals surface area contributed by atoms with Gasteiger partial charge >= 0.3 is 0 Å². The second kappa shape index (κ2) is 21.4. The predicted octanol–water partition coefficient (Wildman–Crippen LogP) is 12.7. The minimum atomic E-state index is 0.723. The number of benzene rings is 2. The molecule has 2 aliphatic rings. The van der Waals surface area contributed by atoms with Gasteiger partial charge in [0.25, 0.3) is 0 Å². The molecule has 1 atom stereocenters. The monoisotopic (exact) mass is 545 g/mol. The maximum atomic E-state index is 3.98. The lowest BCUT2D eigenvalue weighted by atomic mass is 9.82. The Kier molecular flexibility index (Phi) is 20.2. The average molecular weight is 545 g/mol. The molecular weight excluding hydrogens is 480 g/mol. The zero-order chi connectivity index (χ0) is 30.7. The van der Waals surface area contributed by atoms with Crippen molar-refractivity contribution in [1.82, 2.24) is 0 Å². The van der Waals surface area contributed by atoms with E-state index in [4.69, 9.17) is 0 Å². The Hall–Kier alpha value is -2.34. The summed E-state index contributed by atoms with van der Waals surface area (Å²) in [5.41, 5.74) is 11.4. The van der Waals surface area contributed by atoms with Crippen LogP contribution in [-0.4, -0.2) is 0 Å². The molecule has 0 aliphatic heterocycles. The van der Waals surface area contributed by atoms with Gasteiger partial charge in [0, 0.05) is 0 Å². The predicted molar refractivity (Wildman–Crippen MR) is 185 cm³/mol. The number of allylic oxidation sites excluding steroid dienone is 3. The van der Waals surface area contributed by atoms with Crippen molar-refractivity contribution in [2.24, 2.45) is 17.8 Å². The lowest BCUT2D eigenvalue weighted by Gasteiger charge is -2.24. The molecule has 224 valence electrons. The van der Waals surface area contributed by atoms with Crippen molar-refractivity contribution in [3.05, 3.63) is 101 Å². The van der Waals surface area contributed by atoms with Crippen LogP contribution in [0, 0.1) is 31.6 Å². The SMILES string of the molecule is C=C(C)C1CCCCC1.C=C(C)c1cccc(CC(C)C)c1.C=CC.CC.Cc1ccc2c(c1C)CC(C)CC2. The first-order valence-electron chi connectivity index (χ1n) is 16.0. The van der Waals surface area contributed by atoms with Gasteiger partial charge in [0.15, 0.2) is 0 Å². The Bertz CT molecular complexity index is 997. The highest BCUT2D eigenvalue weighted by molar-refractivity contribution is 5.61. The Balaban J connectivity index is 0.000000535. The summed E-state index contributed by atoms with van der Waals surface area (Å²) in [7, 11) is 0. The zero-order valence-corrected chi connectivity index (χ0v) is 28.3. The molecule has 0 amide bonds. The second-order valence-electron chi connectivity index (χ2n) is 12.2. The van der Waals surface area contributed by atoms with E-state index in [-0.39, 0.29) is 0 Å². The van der Waals surface area contributed by atoms with Crippen molar-refractivity contribution >= 4 is 5.57 Å². The van der Waals surface area contributed by atoms with Crippen LogP contribution in [0.3, 0.4) is 0 Å². The van der Waals surface area contributed by atoms with E-state index in [0.29, 0.717) is 0 Å². The van der Waals surface area contributed by atoms with Gasteiger partial charge in [-0.2, -0.15) is 0 Å². The second-order valence-corrected chi connectivity index (χ2v) is 12.2. The van der Waals surface area contributed by atoms with Gasteiger partial charge in [0.05, 0.1) is 0 Å². The van der Waals surface area contributed by atoms with E-state index in [0.717, 1.165) is 29.7 Å². The highest BCUT2D eigenvalue weighted by atomic mass is 14.2. The average Bonchev–Trinajstić information content (AvgIpc) is 2.93.